The number of nitrogens with two attached hydrogens (primary N) is 1. The number of aromatic nitrogens is 2. The highest BCUT2D eigenvalue weighted by Crippen LogP contribution is 2.08. The lowest BCUT2D eigenvalue weighted by Gasteiger charge is -2.05. The van der Waals surface area contributed by atoms with Crippen LogP contribution in [0.15, 0.2) is 6.20 Å². The van der Waals surface area contributed by atoms with Crippen LogP contribution in [0, 0.1) is 0 Å². The molecule has 4 N–H and O–H groups in total. The fourth-order valence-electron chi connectivity index (χ4n) is 1.13. The molecule has 0 atom stereocenters. The van der Waals surface area contributed by atoms with Gasteiger partial charge in [-0.2, -0.15) is 5.10 Å². The molecule has 0 unspecified atom stereocenters. The van der Waals surface area contributed by atoms with Crippen molar-refractivity contribution in [3.05, 3.63) is 11.8 Å². The lowest BCUT2D eigenvalue weighted by atomic mass is 10.3. The Hall–Kier alpha value is -1.61. The van der Waals surface area contributed by atoms with E-state index in [1.807, 2.05) is 0 Å². The maximum absolute atomic E-state index is 11.6. The van der Waals surface area contributed by atoms with Crippen molar-refractivity contribution < 1.29 is 13.2 Å². The smallest absolute Gasteiger partial charge is 0.256 e. The molecule has 8 nitrogen and oxygen atoms in total. The highest BCUT2D eigenvalue weighted by molar-refractivity contribution is 7.88. The molecule has 1 aromatic rings. The Bertz CT molecular complexity index is 507. The summed E-state index contributed by atoms with van der Waals surface area (Å²) in [6.45, 7) is 0.310. The monoisotopic (exact) mass is 261 g/mol. The van der Waals surface area contributed by atoms with Gasteiger partial charge in [0.2, 0.25) is 10.0 Å². The highest BCUT2D eigenvalue weighted by atomic mass is 32.2. The maximum Gasteiger partial charge on any atom is 0.256 e. The summed E-state index contributed by atoms with van der Waals surface area (Å²) in [5, 5.41) is 6.35. The first-order chi connectivity index (χ1) is 7.81. The van der Waals surface area contributed by atoms with E-state index in [2.05, 4.69) is 15.1 Å². The van der Waals surface area contributed by atoms with E-state index in [0.29, 0.717) is 0 Å². The van der Waals surface area contributed by atoms with Gasteiger partial charge in [0.15, 0.2) is 0 Å². The number of nitrogens with one attached hydrogen (secondary N) is 2. The van der Waals surface area contributed by atoms with E-state index >= 15 is 0 Å². The summed E-state index contributed by atoms with van der Waals surface area (Å²) in [6.07, 6.45) is 2.41. The summed E-state index contributed by atoms with van der Waals surface area (Å²) in [4.78, 5) is 11.6. The van der Waals surface area contributed by atoms with Gasteiger partial charge < -0.3 is 11.1 Å². The third-order valence-electron chi connectivity index (χ3n) is 2.00. The molecule has 1 heterocycles. The predicted molar refractivity (Wildman–Crippen MR) is 62.8 cm³/mol. The molecule has 17 heavy (non-hydrogen) atoms. The van der Waals surface area contributed by atoms with E-state index < -0.39 is 10.0 Å². The molecule has 96 valence electrons. The molecular formula is C8H15N5O3S. The number of anilines is 1. The molecule has 0 aliphatic carbocycles. The van der Waals surface area contributed by atoms with Crippen LogP contribution in [0.25, 0.3) is 0 Å². The summed E-state index contributed by atoms with van der Waals surface area (Å²) >= 11 is 0. The standard InChI is InChI=1S/C8H15N5O3S/c1-13-7(9)6(5-11-13)8(14)10-3-4-12-17(2,15)16/h5,12H,3-4,9H2,1-2H3,(H,10,14). The molecule has 0 spiro atoms. The van der Waals surface area contributed by atoms with Crippen LogP contribution in [-0.2, 0) is 17.1 Å². The van der Waals surface area contributed by atoms with Crippen LogP contribution in [0.4, 0.5) is 5.82 Å². The molecule has 0 aromatic carbocycles. The van der Waals surface area contributed by atoms with Crippen molar-refractivity contribution in [2.24, 2.45) is 7.05 Å². The second-order valence-electron chi connectivity index (χ2n) is 3.49. The van der Waals surface area contributed by atoms with Gasteiger partial charge >= 0.3 is 0 Å². The average molecular weight is 261 g/mol. The average Bonchev–Trinajstić information content (AvgIpc) is 2.53. The molecule has 1 amide bonds. The zero-order valence-corrected chi connectivity index (χ0v) is 10.4. The van der Waals surface area contributed by atoms with E-state index in [1.54, 1.807) is 7.05 Å². The SMILES string of the molecule is Cn1ncc(C(=O)NCCNS(C)(=O)=O)c1N. The molecule has 0 aliphatic rings. The fraction of sp³-hybridized carbons (Fsp3) is 0.500. The Kier molecular flexibility index (Phi) is 4.07. The molecule has 9 heteroatoms. The van der Waals surface area contributed by atoms with Crippen molar-refractivity contribution >= 4 is 21.7 Å². The molecule has 0 fully saturated rings. The first-order valence-corrected chi connectivity index (χ1v) is 6.70. The molecule has 1 aromatic heterocycles. The number of hydrogen-bond donors (Lipinski definition) is 3. The van der Waals surface area contributed by atoms with Crippen molar-refractivity contribution in [2.45, 2.75) is 0 Å². The normalized spacial score (nSPS) is 11.4. The Labute approximate surface area is 99.2 Å². The zero-order chi connectivity index (χ0) is 13.1. The molecule has 1 rings (SSSR count). The van der Waals surface area contributed by atoms with E-state index in [0.717, 1.165) is 6.26 Å². The number of amides is 1. The van der Waals surface area contributed by atoms with Crippen LogP contribution in [0.3, 0.4) is 0 Å². The van der Waals surface area contributed by atoms with Gasteiger partial charge in [0.25, 0.3) is 5.91 Å². The van der Waals surface area contributed by atoms with Crippen molar-refractivity contribution in [1.29, 1.82) is 0 Å². The van der Waals surface area contributed by atoms with Crippen LogP contribution in [-0.4, -0.2) is 43.5 Å². The highest BCUT2D eigenvalue weighted by Gasteiger charge is 2.12. The van der Waals surface area contributed by atoms with Crippen LogP contribution >= 0.6 is 0 Å². The quantitative estimate of drug-likeness (QED) is 0.545. The van der Waals surface area contributed by atoms with E-state index in [-0.39, 0.29) is 30.4 Å². The van der Waals surface area contributed by atoms with Gasteiger partial charge in [0.05, 0.1) is 12.5 Å². The van der Waals surface area contributed by atoms with Crippen LogP contribution in [0.2, 0.25) is 0 Å². The topological polar surface area (TPSA) is 119 Å². The second-order valence-corrected chi connectivity index (χ2v) is 5.32. The van der Waals surface area contributed by atoms with Gasteiger partial charge in [-0.3, -0.25) is 9.48 Å². The van der Waals surface area contributed by atoms with Gasteiger partial charge in [-0.25, -0.2) is 13.1 Å². The number of hydrogen-bond acceptors (Lipinski definition) is 5. The van der Waals surface area contributed by atoms with E-state index in [4.69, 9.17) is 5.73 Å². The minimum Gasteiger partial charge on any atom is -0.383 e. The molecule has 0 bridgehead atoms. The minimum absolute atomic E-state index is 0.130. The number of aryl methyl sites for hydroxylation is 1. The minimum atomic E-state index is -3.23. The number of nitrogens with zero attached hydrogens (tertiary/aromatic N) is 2. The van der Waals surface area contributed by atoms with Gasteiger partial charge in [-0.1, -0.05) is 0 Å². The number of sulfonamides is 1. The first-order valence-electron chi connectivity index (χ1n) is 4.81. The molecule has 0 saturated carbocycles. The van der Waals surface area contributed by atoms with Crippen molar-refractivity contribution in [3.63, 3.8) is 0 Å². The van der Waals surface area contributed by atoms with Gasteiger partial charge in [0, 0.05) is 20.1 Å². The Morgan fingerprint density at radius 1 is 1.53 bits per heavy atom. The van der Waals surface area contributed by atoms with E-state index in [9.17, 15) is 13.2 Å². The van der Waals surface area contributed by atoms with Gasteiger partial charge in [-0.15, -0.1) is 0 Å². The third kappa shape index (κ3) is 4.04. The van der Waals surface area contributed by atoms with Crippen molar-refractivity contribution in [3.8, 4) is 0 Å². The van der Waals surface area contributed by atoms with Gasteiger partial charge in [-0.05, 0) is 0 Å². The van der Waals surface area contributed by atoms with Crippen molar-refractivity contribution in [2.75, 3.05) is 25.1 Å². The summed E-state index contributed by atoms with van der Waals surface area (Å²) in [5.41, 5.74) is 5.88. The fourth-order valence-corrected chi connectivity index (χ4v) is 1.60. The van der Waals surface area contributed by atoms with Gasteiger partial charge in [0.1, 0.15) is 11.4 Å². The Morgan fingerprint density at radius 3 is 2.65 bits per heavy atom. The van der Waals surface area contributed by atoms with Crippen LogP contribution in [0.1, 0.15) is 10.4 Å². The summed E-state index contributed by atoms with van der Waals surface area (Å²) in [5.74, 6) is -0.121. The largest absolute Gasteiger partial charge is 0.383 e. The summed E-state index contributed by atoms with van der Waals surface area (Å²) in [6, 6.07) is 0. The second kappa shape index (κ2) is 5.15. The molecule has 0 radical (unpaired) electrons. The number of carbonyl (C=O) groups excluding carboxylic acids is 1. The summed E-state index contributed by atoms with van der Waals surface area (Å²) in [7, 11) is -1.61. The molecular weight excluding hydrogens is 246 g/mol. The molecule has 0 aliphatic heterocycles. The Morgan fingerprint density at radius 2 is 2.18 bits per heavy atom. The lowest BCUT2D eigenvalue weighted by molar-refractivity contribution is 0.0955. The maximum atomic E-state index is 11.6. The first kappa shape index (κ1) is 13.5. The number of rotatable bonds is 5. The summed E-state index contributed by atoms with van der Waals surface area (Å²) < 4.78 is 25.1. The van der Waals surface area contributed by atoms with E-state index in [1.165, 1.54) is 10.9 Å². The zero-order valence-electron chi connectivity index (χ0n) is 9.60. The number of carbonyl (C=O) groups is 1. The predicted octanol–water partition coefficient (Wildman–Crippen LogP) is -1.72. The van der Waals surface area contributed by atoms with Crippen LogP contribution < -0.4 is 15.8 Å². The third-order valence-corrected chi connectivity index (χ3v) is 2.73. The number of nitrogen functional groups attached to an aromatic ring is 1. The molecule has 0 saturated heterocycles. The van der Waals surface area contributed by atoms with Crippen molar-refractivity contribution in [1.82, 2.24) is 19.8 Å². The lowest BCUT2D eigenvalue weighted by Crippen LogP contribution is -2.34. The van der Waals surface area contributed by atoms with Crippen LogP contribution in [0.5, 0.6) is 0 Å². The Balaban J connectivity index is 2.43.